The van der Waals surface area contributed by atoms with E-state index in [1.165, 1.54) is 0 Å². The molecule has 10 nitrogen and oxygen atoms in total. The first kappa shape index (κ1) is 4680. The molecule has 0 atom stereocenters. The Labute approximate surface area is 82.5 Å². The van der Waals surface area contributed by atoms with Crippen LogP contribution in [0.25, 0.3) is 0 Å². The molecule has 0 aliphatic carbocycles. The maximum atomic E-state index is 0. The van der Waals surface area contributed by atoms with Crippen molar-refractivity contribution >= 4 is 27.3 Å². The molecule has 11 heavy (non-hydrogen) atoms. The van der Waals surface area contributed by atoms with E-state index >= 15 is 0 Å². The zero-order valence-corrected chi connectivity index (χ0v) is 9.28. The van der Waals surface area contributed by atoms with Crippen LogP contribution in [0.4, 0.5) is 0 Å². The first-order valence-electron chi connectivity index (χ1n) is 0. The van der Waals surface area contributed by atoms with Crippen molar-refractivity contribution < 1.29 is 54.8 Å². The molecule has 0 aliphatic rings. The van der Waals surface area contributed by atoms with Crippen LogP contribution in [0.15, 0.2) is 0 Å². The smallest absolute Gasteiger partial charge is 0.870 e. The molecule has 0 aliphatic heterocycles. The van der Waals surface area contributed by atoms with Gasteiger partial charge in [0.2, 0.25) is 0 Å². The summed E-state index contributed by atoms with van der Waals surface area (Å²) in [6.07, 6.45) is 0. The third-order valence-electron chi connectivity index (χ3n) is 0. The van der Waals surface area contributed by atoms with Gasteiger partial charge in [-0.1, -0.05) is 0 Å². The minimum absolute atomic E-state index is 0. The van der Waals surface area contributed by atoms with Gasteiger partial charge in [0.25, 0.3) is 0 Å². The van der Waals surface area contributed by atoms with Crippen molar-refractivity contribution in [3.63, 3.8) is 0 Å². The van der Waals surface area contributed by atoms with Crippen molar-refractivity contribution in [2.24, 2.45) is 0 Å². The fraction of sp³-hybridized carbons (Fsp3) is 0. The Morgan fingerprint density at radius 1 is 0.273 bits per heavy atom. The molecule has 0 spiro atoms. The zero-order valence-electron chi connectivity index (χ0n) is 5.39. The minimum Gasteiger partial charge on any atom is -0.870 e. The van der Waals surface area contributed by atoms with Gasteiger partial charge in [-0.2, -0.15) is 0 Å². The van der Waals surface area contributed by atoms with E-state index in [-0.39, 0.29) is 82.1 Å². The van der Waals surface area contributed by atoms with Crippen molar-refractivity contribution in [2.45, 2.75) is 0 Å². The molecule has 11 heteroatoms. The zero-order chi connectivity index (χ0) is 0. The summed E-state index contributed by atoms with van der Waals surface area (Å²) in [7, 11) is 0. The average Bonchev–Trinajstić information content (AvgIpc) is 0. The van der Waals surface area contributed by atoms with E-state index < -0.39 is 0 Å². The molecule has 0 saturated heterocycles. The second-order valence-electron chi connectivity index (χ2n) is 0. The Morgan fingerprint density at radius 2 is 0.273 bits per heavy atom. The fourth-order valence-electron chi connectivity index (χ4n) is 0. The molecule has 0 aromatic rings. The van der Waals surface area contributed by atoms with E-state index in [0.717, 1.165) is 0 Å². The van der Waals surface area contributed by atoms with Crippen molar-refractivity contribution in [2.75, 3.05) is 0 Å². The topological polar surface area (TPSA) is 312 Å². The van der Waals surface area contributed by atoms with Crippen LogP contribution in [-0.2, 0) is 0 Å². The summed E-state index contributed by atoms with van der Waals surface area (Å²) in [5.41, 5.74) is 0. The molecule has 0 heterocycles. The summed E-state index contributed by atoms with van der Waals surface area (Å²) in [4.78, 5) is 0. The van der Waals surface area contributed by atoms with Crippen molar-refractivity contribution in [1.29, 1.82) is 0 Å². The van der Waals surface area contributed by atoms with E-state index in [9.17, 15) is 0 Å². The van der Waals surface area contributed by atoms with E-state index in [1.54, 1.807) is 0 Å². The molecule has 0 saturated carbocycles. The predicted molar refractivity (Wildman–Crippen MR) is 38.5 cm³/mol. The predicted octanol–water partition coefficient (Wildman–Crippen LogP) is -7.33. The van der Waals surface area contributed by atoms with Gasteiger partial charge >= 0.3 is 27.3 Å². The third-order valence-corrected chi connectivity index (χ3v) is 0. The molecule has 2 radical (unpaired) electrons. The number of hydrogen-bond donors (Lipinski definition) is 0. The van der Waals surface area contributed by atoms with Crippen LogP contribution in [0, 0.1) is 0 Å². The molecule has 82 valence electrons. The SMILES string of the molecule is O.O.O.O.O.O.O.O.[OH-].[OH-].[Pb+2]. The molecule has 0 rings (SSSR count). The van der Waals surface area contributed by atoms with Gasteiger partial charge in [0.1, 0.15) is 0 Å². The number of rotatable bonds is 0. The van der Waals surface area contributed by atoms with Crippen molar-refractivity contribution in [3.05, 3.63) is 0 Å². The Balaban J connectivity index is 0. The van der Waals surface area contributed by atoms with Crippen LogP contribution >= 0.6 is 0 Å². The molecule has 18 N–H and O–H groups in total. The molecule has 0 bridgehead atoms. The van der Waals surface area contributed by atoms with Crippen LogP contribution in [0.1, 0.15) is 0 Å². The Morgan fingerprint density at radius 3 is 0.273 bits per heavy atom. The molecule has 0 unspecified atom stereocenters. The van der Waals surface area contributed by atoms with Gasteiger partial charge < -0.3 is 54.8 Å². The van der Waals surface area contributed by atoms with Crippen LogP contribution in [0.3, 0.4) is 0 Å². The molecular formula is H18O10Pb. The summed E-state index contributed by atoms with van der Waals surface area (Å²) in [6.45, 7) is 0. The Kier molecular flexibility index (Phi) is 1490000. The first-order valence-corrected chi connectivity index (χ1v) is 0. The number of hydrogen-bond acceptors (Lipinski definition) is 2. The maximum Gasteiger partial charge on any atom is 2.00 e. The Bertz CT molecular complexity index is 4.83. The summed E-state index contributed by atoms with van der Waals surface area (Å²) in [5, 5.41) is 0. The van der Waals surface area contributed by atoms with Crippen LogP contribution < -0.4 is 0 Å². The van der Waals surface area contributed by atoms with Crippen LogP contribution in [0.2, 0.25) is 0 Å². The largest absolute Gasteiger partial charge is 2.00 e. The van der Waals surface area contributed by atoms with E-state index in [0.29, 0.717) is 0 Å². The van der Waals surface area contributed by atoms with Gasteiger partial charge in [-0.15, -0.1) is 0 Å². The van der Waals surface area contributed by atoms with Gasteiger partial charge in [0, 0.05) is 0 Å². The summed E-state index contributed by atoms with van der Waals surface area (Å²) >= 11 is 0. The molecule has 0 fully saturated rings. The van der Waals surface area contributed by atoms with Gasteiger partial charge in [0.05, 0.1) is 0 Å². The normalized spacial score (nSPS) is 0. The minimum atomic E-state index is 0. The second kappa shape index (κ2) is 3500. The first-order chi connectivity index (χ1) is 0. The second-order valence-corrected chi connectivity index (χ2v) is 0. The standard InChI is InChI=1S/10H2O.Pb/h10*1H2;/q;;;;;;;;;;+2/p-2. The summed E-state index contributed by atoms with van der Waals surface area (Å²) in [6, 6.07) is 0. The van der Waals surface area contributed by atoms with E-state index in [1.807, 2.05) is 0 Å². The summed E-state index contributed by atoms with van der Waals surface area (Å²) in [5.74, 6) is 0. The van der Waals surface area contributed by atoms with Crippen molar-refractivity contribution in [3.8, 4) is 0 Å². The van der Waals surface area contributed by atoms with Crippen LogP contribution in [0.5, 0.6) is 0 Å². The molecule has 0 aromatic heterocycles. The van der Waals surface area contributed by atoms with Gasteiger partial charge in [-0.3, -0.25) is 0 Å². The van der Waals surface area contributed by atoms with Gasteiger partial charge in [-0.25, -0.2) is 0 Å². The van der Waals surface area contributed by atoms with Gasteiger partial charge in [-0.05, 0) is 0 Å². The third kappa shape index (κ3) is 2800. The monoisotopic (exact) mass is 386 g/mol. The molecule has 0 aromatic carbocycles. The van der Waals surface area contributed by atoms with Crippen molar-refractivity contribution in [1.82, 2.24) is 0 Å². The van der Waals surface area contributed by atoms with E-state index in [2.05, 4.69) is 0 Å². The van der Waals surface area contributed by atoms with Crippen LogP contribution in [-0.4, -0.2) is 82.1 Å². The molecular weight excluding hydrogens is 367 g/mol. The molecule has 0 amide bonds. The summed E-state index contributed by atoms with van der Waals surface area (Å²) < 4.78 is 0. The maximum absolute atomic E-state index is 0. The quantitative estimate of drug-likeness (QED) is 0.366. The van der Waals surface area contributed by atoms with E-state index in [4.69, 9.17) is 0 Å². The Hall–Kier alpha value is 0.522. The van der Waals surface area contributed by atoms with Gasteiger partial charge in [0.15, 0.2) is 0 Å². The average molecular weight is 385 g/mol. The fourth-order valence-corrected chi connectivity index (χ4v) is 0.